The van der Waals surface area contributed by atoms with Gasteiger partial charge in [-0.05, 0) is 23.8 Å². The van der Waals surface area contributed by atoms with Crippen molar-refractivity contribution in [2.24, 2.45) is 0 Å². The summed E-state index contributed by atoms with van der Waals surface area (Å²) in [5.41, 5.74) is 0.618. The lowest BCUT2D eigenvalue weighted by atomic mass is 10.2. The summed E-state index contributed by atoms with van der Waals surface area (Å²) in [6.07, 6.45) is 2.68. The average molecular weight is 372 g/mol. The van der Waals surface area contributed by atoms with Crippen LogP contribution in [0, 0.1) is 0 Å². The van der Waals surface area contributed by atoms with Gasteiger partial charge in [-0.1, -0.05) is 6.07 Å². The van der Waals surface area contributed by atoms with Gasteiger partial charge < -0.3 is 28.8 Å². The van der Waals surface area contributed by atoms with E-state index in [9.17, 15) is 14.7 Å². The number of methoxy groups -OCH3 is 1. The topological polar surface area (TPSA) is 101 Å². The minimum Gasteiger partial charge on any atom is -0.504 e. The van der Waals surface area contributed by atoms with Crippen molar-refractivity contribution in [2.45, 2.75) is 6.92 Å². The smallest absolute Gasteiger partial charge is 0.336 e. The fourth-order valence-corrected chi connectivity index (χ4v) is 2.32. The van der Waals surface area contributed by atoms with Crippen molar-refractivity contribution >= 4 is 18.0 Å². The number of ether oxygens (including phenoxy) is 5. The molecule has 2 aromatic rings. The molecule has 0 fully saturated rings. The Labute approximate surface area is 154 Å². The van der Waals surface area contributed by atoms with E-state index in [4.69, 9.17) is 23.7 Å². The van der Waals surface area contributed by atoms with E-state index in [1.54, 1.807) is 12.1 Å². The molecule has 0 amide bonds. The summed E-state index contributed by atoms with van der Waals surface area (Å²) in [6.45, 7) is 1.25. The van der Waals surface area contributed by atoms with Crippen LogP contribution in [0.1, 0.15) is 12.5 Å². The molecule has 0 aliphatic carbocycles. The molecule has 3 rings (SSSR count). The zero-order chi connectivity index (χ0) is 19.4. The lowest BCUT2D eigenvalue weighted by Crippen LogP contribution is -2.08. The molecule has 1 aliphatic rings. The van der Waals surface area contributed by atoms with E-state index >= 15 is 0 Å². The normalized spacial score (nSPS) is 12.1. The number of fused-ring (bicyclic) bond motifs is 1. The molecule has 8 heteroatoms. The number of aromatic hydroxyl groups is 1. The Hall–Kier alpha value is -3.68. The molecule has 2 aromatic carbocycles. The van der Waals surface area contributed by atoms with Crippen LogP contribution in [0.4, 0.5) is 0 Å². The third kappa shape index (κ3) is 4.30. The number of carbonyl (C=O) groups is 2. The van der Waals surface area contributed by atoms with Gasteiger partial charge in [-0.25, -0.2) is 4.79 Å². The molecule has 0 bridgehead atoms. The van der Waals surface area contributed by atoms with Crippen molar-refractivity contribution < 1.29 is 38.4 Å². The van der Waals surface area contributed by atoms with E-state index in [1.165, 1.54) is 44.4 Å². The molecule has 27 heavy (non-hydrogen) atoms. The first-order chi connectivity index (χ1) is 13.0. The van der Waals surface area contributed by atoms with E-state index in [1.807, 2.05) is 0 Å². The summed E-state index contributed by atoms with van der Waals surface area (Å²) in [6, 6.07) is 7.44. The Balaban J connectivity index is 1.78. The maximum atomic E-state index is 12.1. The van der Waals surface area contributed by atoms with Gasteiger partial charge in [-0.3, -0.25) is 4.79 Å². The highest BCUT2D eigenvalue weighted by atomic mass is 16.7. The van der Waals surface area contributed by atoms with Crippen LogP contribution in [-0.4, -0.2) is 30.9 Å². The highest BCUT2D eigenvalue weighted by Gasteiger charge is 2.21. The average Bonchev–Trinajstić information content (AvgIpc) is 3.08. The highest BCUT2D eigenvalue weighted by Crippen LogP contribution is 2.42. The summed E-state index contributed by atoms with van der Waals surface area (Å²) in [5, 5.41) is 9.58. The van der Waals surface area contributed by atoms with Crippen LogP contribution in [0.15, 0.2) is 36.4 Å². The van der Waals surface area contributed by atoms with Gasteiger partial charge in [0.2, 0.25) is 6.79 Å². The van der Waals surface area contributed by atoms with Gasteiger partial charge in [0.15, 0.2) is 34.5 Å². The lowest BCUT2D eigenvalue weighted by Gasteiger charge is -2.09. The van der Waals surface area contributed by atoms with Crippen LogP contribution in [0.3, 0.4) is 0 Å². The van der Waals surface area contributed by atoms with Gasteiger partial charge in [0.1, 0.15) is 0 Å². The molecular formula is C19H16O8. The van der Waals surface area contributed by atoms with Crippen LogP contribution in [0.5, 0.6) is 34.5 Å². The van der Waals surface area contributed by atoms with Crippen LogP contribution < -0.4 is 23.7 Å². The fraction of sp³-hybridized carbons (Fsp3) is 0.158. The first kappa shape index (κ1) is 18.1. The fourth-order valence-electron chi connectivity index (χ4n) is 2.32. The number of benzene rings is 2. The van der Waals surface area contributed by atoms with Gasteiger partial charge in [0.25, 0.3) is 0 Å². The van der Waals surface area contributed by atoms with Crippen molar-refractivity contribution in [1.82, 2.24) is 0 Å². The van der Waals surface area contributed by atoms with E-state index < -0.39 is 11.9 Å². The number of phenols is 1. The van der Waals surface area contributed by atoms with Crippen molar-refractivity contribution in [3.8, 4) is 34.5 Å². The number of rotatable bonds is 5. The second-order valence-corrected chi connectivity index (χ2v) is 5.43. The van der Waals surface area contributed by atoms with Crippen LogP contribution in [0.2, 0.25) is 0 Å². The summed E-state index contributed by atoms with van der Waals surface area (Å²) >= 11 is 0. The second-order valence-electron chi connectivity index (χ2n) is 5.43. The maximum absolute atomic E-state index is 12.1. The van der Waals surface area contributed by atoms with Gasteiger partial charge in [0.05, 0.1) is 7.11 Å². The lowest BCUT2D eigenvalue weighted by molar-refractivity contribution is -0.133. The van der Waals surface area contributed by atoms with Gasteiger partial charge in [0, 0.05) is 25.1 Å². The third-order valence-corrected chi connectivity index (χ3v) is 3.52. The number of esters is 2. The standard InChI is InChI=1S/C19H16O8/c1-11(20)26-17-8-15-16(25-10-24-15)9-18(17)27-19(22)6-4-12-3-5-13(21)14(7-12)23-2/h3-9,21H,10H2,1-2H3/b6-4+. The third-order valence-electron chi connectivity index (χ3n) is 3.52. The Morgan fingerprint density at radius 1 is 1.04 bits per heavy atom. The Morgan fingerprint density at radius 2 is 1.70 bits per heavy atom. The summed E-state index contributed by atoms with van der Waals surface area (Å²) < 4.78 is 25.8. The van der Waals surface area contributed by atoms with Crippen LogP contribution in [-0.2, 0) is 9.59 Å². The van der Waals surface area contributed by atoms with Crippen LogP contribution >= 0.6 is 0 Å². The molecule has 0 saturated heterocycles. The van der Waals surface area contributed by atoms with E-state index in [0.29, 0.717) is 17.1 Å². The van der Waals surface area contributed by atoms with E-state index in [2.05, 4.69) is 0 Å². The second kappa shape index (κ2) is 7.69. The van der Waals surface area contributed by atoms with Crippen molar-refractivity contribution in [3.63, 3.8) is 0 Å². The molecule has 0 unspecified atom stereocenters. The number of hydrogen-bond donors (Lipinski definition) is 1. The molecule has 0 radical (unpaired) electrons. The minimum absolute atomic E-state index is 0.0105. The Bertz CT molecular complexity index is 916. The largest absolute Gasteiger partial charge is 0.504 e. The molecular weight excluding hydrogens is 356 g/mol. The number of hydrogen-bond acceptors (Lipinski definition) is 8. The number of phenolic OH excluding ortho intramolecular Hbond substituents is 1. The Kier molecular flexibility index (Phi) is 5.16. The highest BCUT2D eigenvalue weighted by molar-refractivity contribution is 5.89. The minimum atomic E-state index is -0.700. The summed E-state index contributed by atoms with van der Waals surface area (Å²) in [7, 11) is 1.42. The zero-order valence-electron chi connectivity index (χ0n) is 14.6. The number of carbonyl (C=O) groups excluding carboxylic acids is 2. The van der Waals surface area contributed by atoms with Gasteiger partial charge in [-0.2, -0.15) is 0 Å². The quantitative estimate of drug-likeness (QED) is 0.486. The molecule has 1 heterocycles. The molecule has 8 nitrogen and oxygen atoms in total. The monoisotopic (exact) mass is 372 g/mol. The maximum Gasteiger partial charge on any atom is 0.336 e. The van der Waals surface area contributed by atoms with E-state index in [0.717, 1.165) is 0 Å². The summed E-state index contributed by atoms with van der Waals surface area (Å²) in [4.78, 5) is 23.4. The molecule has 1 N–H and O–H groups in total. The van der Waals surface area contributed by atoms with Crippen molar-refractivity contribution in [2.75, 3.05) is 13.9 Å². The van der Waals surface area contributed by atoms with E-state index in [-0.39, 0.29) is 29.8 Å². The molecule has 0 atom stereocenters. The molecule has 0 aromatic heterocycles. The molecule has 0 spiro atoms. The van der Waals surface area contributed by atoms with Gasteiger partial charge in [-0.15, -0.1) is 0 Å². The molecule has 140 valence electrons. The van der Waals surface area contributed by atoms with Gasteiger partial charge >= 0.3 is 11.9 Å². The molecule has 0 saturated carbocycles. The first-order valence-electron chi connectivity index (χ1n) is 7.85. The predicted molar refractivity (Wildman–Crippen MR) is 93.2 cm³/mol. The first-order valence-corrected chi connectivity index (χ1v) is 7.85. The zero-order valence-corrected chi connectivity index (χ0v) is 14.6. The Morgan fingerprint density at radius 3 is 2.33 bits per heavy atom. The van der Waals surface area contributed by atoms with Crippen molar-refractivity contribution in [3.05, 3.63) is 42.0 Å². The SMILES string of the molecule is COc1cc(/C=C/C(=O)Oc2cc3c(cc2OC(C)=O)OCO3)ccc1O. The van der Waals surface area contributed by atoms with Crippen LogP contribution in [0.25, 0.3) is 6.08 Å². The summed E-state index contributed by atoms with van der Waals surface area (Å²) in [5.74, 6) is -0.180. The predicted octanol–water partition coefficient (Wildman–Crippen LogP) is 2.67. The molecule has 1 aliphatic heterocycles. The van der Waals surface area contributed by atoms with Crippen molar-refractivity contribution in [1.29, 1.82) is 0 Å².